The molecule has 70 valence electrons. The van der Waals surface area contributed by atoms with Crippen LogP contribution in [0.3, 0.4) is 0 Å². The third-order valence-corrected chi connectivity index (χ3v) is 3.65. The second kappa shape index (κ2) is 3.35. The summed E-state index contributed by atoms with van der Waals surface area (Å²) in [7, 11) is 0. The van der Waals surface area contributed by atoms with Crippen LogP contribution in [-0.2, 0) is 5.41 Å². The van der Waals surface area contributed by atoms with Crippen molar-refractivity contribution in [2.45, 2.75) is 23.2 Å². The Kier molecular flexibility index (Phi) is 2.35. The van der Waals surface area contributed by atoms with Gasteiger partial charge >= 0.3 is 0 Å². The van der Waals surface area contributed by atoms with Crippen molar-refractivity contribution in [1.82, 2.24) is 0 Å². The smallest absolute Gasteiger partial charge is 0.00766 e. The number of hydrogen-bond acceptors (Lipinski definition) is 2. The summed E-state index contributed by atoms with van der Waals surface area (Å²) in [5, 5.41) is 0. The van der Waals surface area contributed by atoms with Gasteiger partial charge in [-0.3, -0.25) is 0 Å². The van der Waals surface area contributed by atoms with E-state index < -0.39 is 0 Å². The highest BCUT2D eigenvalue weighted by Gasteiger charge is 2.42. The average molecular weight is 193 g/mol. The molecule has 1 aromatic rings. The summed E-state index contributed by atoms with van der Waals surface area (Å²) < 4.78 is 0. The van der Waals surface area contributed by atoms with E-state index in [1.54, 1.807) is 11.8 Å². The molecule has 0 aromatic heterocycles. The van der Waals surface area contributed by atoms with Crippen LogP contribution in [0.4, 0.5) is 0 Å². The molecule has 0 amide bonds. The first kappa shape index (κ1) is 9.10. The van der Waals surface area contributed by atoms with Gasteiger partial charge in [0.2, 0.25) is 0 Å². The molecular weight excluding hydrogens is 178 g/mol. The molecule has 1 aliphatic carbocycles. The summed E-state index contributed by atoms with van der Waals surface area (Å²) in [4.78, 5) is 1.34. The first-order valence-corrected chi connectivity index (χ1v) is 5.88. The van der Waals surface area contributed by atoms with Crippen LogP contribution in [0.5, 0.6) is 0 Å². The van der Waals surface area contributed by atoms with Crippen molar-refractivity contribution in [2.24, 2.45) is 5.73 Å². The first-order chi connectivity index (χ1) is 6.30. The molecule has 1 aliphatic rings. The van der Waals surface area contributed by atoms with E-state index in [9.17, 15) is 0 Å². The number of thioether (sulfide) groups is 1. The van der Waals surface area contributed by atoms with Crippen LogP contribution in [0.1, 0.15) is 18.4 Å². The Labute approximate surface area is 83.7 Å². The van der Waals surface area contributed by atoms with Crippen molar-refractivity contribution in [2.75, 3.05) is 12.8 Å². The van der Waals surface area contributed by atoms with E-state index in [0.29, 0.717) is 5.41 Å². The van der Waals surface area contributed by atoms with Gasteiger partial charge in [-0.05, 0) is 36.8 Å². The van der Waals surface area contributed by atoms with Gasteiger partial charge in [0.05, 0.1) is 0 Å². The molecule has 1 nitrogen and oxygen atoms in total. The van der Waals surface area contributed by atoms with Crippen LogP contribution >= 0.6 is 11.8 Å². The maximum absolute atomic E-state index is 5.79. The van der Waals surface area contributed by atoms with Crippen LogP contribution < -0.4 is 5.73 Å². The summed E-state index contributed by atoms with van der Waals surface area (Å²) in [6.45, 7) is 0.796. The minimum absolute atomic E-state index is 0.339. The van der Waals surface area contributed by atoms with Gasteiger partial charge in [-0.2, -0.15) is 0 Å². The van der Waals surface area contributed by atoms with E-state index in [0.717, 1.165) is 6.54 Å². The third kappa shape index (κ3) is 1.61. The van der Waals surface area contributed by atoms with Gasteiger partial charge in [-0.15, -0.1) is 11.8 Å². The number of benzene rings is 1. The zero-order valence-corrected chi connectivity index (χ0v) is 8.73. The molecular formula is C11H15NS. The predicted molar refractivity (Wildman–Crippen MR) is 58.2 cm³/mol. The van der Waals surface area contributed by atoms with Gasteiger partial charge in [0.15, 0.2) is 0 Å². The molecule has 0 saturated heterocycles. The fourth-order valence-electron chi connectivity index (χ4n) is 1.71. The zero-order chi connectivity index (χ0) is 9.31. The van der Waals surface area contributed by atoms with Gasteiger partial charge in [0.25, 0.3) is 0 Å². The Bertz CT molecular complexity index is 305. The molecule has 2 N–H and O–H groups in total. The van der Waals surface area contributed by atoms with Gasteiger partial charge in [-0.25, -0.2) is 0 Å². The normalized spacial score (nSPS) is 18.6. The molecule has 2 heteroatoms. The molecule has 2 rings (SSSR count). The third-order valence-electron chi connectivity index (χ3n) is 2.93. The van der Waals surface area contributed by atoms with Crippen LogP contribution in [0.25, 0.3) is 0 Å². The summed E-state index contributed by atoms with van der Waals surface area (Å²) in [5.74, 6) is 0. The molecule has 0 heterocycles. The highest BCUT2D eigenvalue weighted by molar-refractivity contribution is 7.98. The van der Waals surface area contributed by atoms with Gasteiger partial charge in [0.1, 0.15) is 0 Å². The summed E-state index contributed by atoms with van der Waals surface area (Å²) in [6, 6.07) is 8.78. The Balaban J connectivity index is 2.30. The summed E-state index contributed by atoms with van der Waals surface area (Å²) >= 11 is 1.80. The highest BCUT2D eigenvalue weighted by atomic mass is 32.2. The van der Waals surface area contributed by atoms with E-state index in [-0.39, 0.29) is 0 Å². The highest BCUT2D eigenvalue weighted by Crippen LogP contribution is 2.47. The van der Waals surface area contributed by atoms with E-state index in [2.05, 4.69) is 30.5 Å². The Hall–Kier alpha value is -0.470. The molecule has 0 atom stereocenters. The Morgan fingerprint density at radius 2 is 2.23 bits per heavy atom. The lowest BCUT2D eigenvalue weighted by Crippen LogP contribution is -2.19. The summed E-state index contributed by atoms with van der Waals surface area (Å²) in [5.41, 5.74) is 7.56. The van der Waals surface area contributed by atoms with Crippen molar-refractivity contribution >= 4 is 11.8 Å². The number of hydrogen-bond donors (Lipinski definition) is 1. The SMILES string of the molecule is CSc1cccc(C2(CN)CC2)c1. The molecule has 1 saturated carbocycles. The van der Waals surface area contributed by atoms with E-state index in [4.69, 9.17) is 5.73 Å². The van der Waals surface area contributed by atoms with Gasteiger partial charge in [-0.1, -0.05) is 12.1 Å². The molecule has 0 spiro atoms. The van der Waals surface area contributed by atoms with Gasteiger partial charge < -0.3 is 5.73 Å². The van der Waals surface area contributed by atoms with Crippen LogP contribution in [0.2, 0.25) is 0 Å². The molecule has 0 unspecified atom stereocenters. The molecule has 1 fully saturated rings. The first-order valence-electron chi connectivity index (χ1n) is 4.65. The lowest BCUT2D eigenvalue weighted by Gasteiger charge is -2.13. The molecule has 0 bridgehead atoms. The molecule has 0 radical (unpaired) electrons. The van der Waals surface area contributed by atoms with Crippen LogP contribution in [-0.4, -0.2) is 12.8 Å². The zero-order valence-electron chi connectivity index (χ0n) is 7.92. The molecule has 13 heavy (non-hydrogen) atoms. The monoisotopic (exact) mass is 193 g/mol. The summed E-state index contributed by atoms with van der Waals surface area (Å²) in [6.07, 6.45) is 4.64. The Morgan fingerprint density at radius 1 is 1.46 bits per heavy atom. The van der Waals surface area contributed by atoms with Gasteiger partial charge in [0, 0.05) is 16.9 Å². The van der Waals surface area contributed by atoms with Crippen molar-refractivity contribution in [3.05, 3.63) is 29.8 Å². The van der Waals surface area contributed by atoms with Crippen molar-refractivity contribution in [3.63, 3.8) is 0 Å². The second-order valence-electron chi connectivity index (χ2n) is 3.72. The lowest BCUT2D eigenvalue weighted by molar-refractivity contribution is 0.702. The average Bonchev–Trinajstić information content (AvgIpc) is 2.99. The number of rotatable bonds is 3. The fraction of sp³-hybridized carbons (Fsp3) is 0.455. The van der Waals surface area contributed by atoms with Crippen molar-refractivity contribution < 1.29 is 0 Å². The minimum atomic E-state index is 0.339. The number of nitrogens with two attached hydrogens (primary N) is 1. The minimum Gasteiger partial charge on any atom is -0.330 e. The molecule has 0 aliphatic heterocycles. The van der Waals surface area contributed by atoms with E-state index >= 15 is 0 Å². The maximum atomic E-state index is 5.79. The van der Waals surface area contributed by atoms with Crippen LogP contribution in [0, 0.1) is 0 Å². The lowest BCUT2D eigenvalue weighted by atomic mass is 9.96. The maximum Gasteiger partial charge on any atom is 0.00766 e. The van der Waals surface area contributed by atoms with Crippen molar-refractivity contribution in [3.8, 4) is 0 Å². The Morgan fingerprint density at radius 3 is 2.77 bits per heavy atom. The van der Waals surface area contributed by atoms with E-state index in [1.807, 2.05) is 0 Å². The molecule has 1 aromatic carbocycles. The predicted octanol–water partition coefficient (Wildman–Crippen LogP) is 2.40. The second-order valence-corrected chi connectivity index (χ2v) is 4.60. The standard InChI is InChI=1S/C11H15NS/c1-13-10-4-2-3-9(7-10)11(8-12)5-6-11/h2-4,7H,5-6,8,12H2,1H3. The topological polar surface area (TPSA) is 26.0 Å². The quantitative estimate of drug-likeness (QED) is 0.746. The van der Waals surface area contributed by atoms with Crippen molar-refractivity contribution in [1.29, 1.82) is 0 Å². The van der Waals surface area contributed by atoms with Crippen LogP contribution in [0.15, 0.2) is 29.2 Å². The fourth-order valence-corrected chi connectivity index (χ4v) is 2.17. The van der Waals surface area contributed by atoms with E-state index in [1.165, 1.54) is 23.3 Å². The largest absolute Gasteiger partial charge is 0.330 e.